The van der Waals surface area contributed by atoms with E-state index in [1.165, 1.54) is 10.6 Å². The Kier molecular flexibility index (Phi) is 10.0. The number of piperazine rings is 1. The average molecular weight is 782 g/mol. The van der Waals surface area contributed by atoms with Crippen molar-refractivity contribution in [3.05, 3.63) is 52.9 Å². The number of nitrogens with zero attached hydrogens (tertiary/aromatic N) is 8. The molecule has 0 bridgehead atoms. The Hall–Kier alpha value is -4.12. The van der Waals surface area contributed by atoms with Crippen molar-refractivity contribution in [3.8, 4) is 22.6 Å². The largest absolute Gasteiger partial charge is 0.494 e. The third kappa shape index (κ3) is 7.45. The number of nitrogens with one attached hydrogen (secondary N) is 2. The van der Waals surface area contributed by atoms with Gasteiger partial charge in [0.25, 0.3) is 0 Å². The third-order valence-corrected chi connectivity index (χ3v) is 11.9. The Balaban J connectivity index is 1.18. The lowest BCUT2D eigenvalue weighted by Crippen LogP contribution is -2.52. The van der Waals surface area contributed by atoms with Crippen molar-refractivity contribution in [2.24, 2.45) is 7.05 Å². The van der Waals surface area contributed by atoms with Crippen LogP contribution in [0.5, 0.6) is 11.5 Å². The standard InChI is InChI=1S/C35H45BrN10O4S/c1-42-13-15-45(16-14-42)24-8-11-46(12-9-24)30-19-32(49-4)29(18-26(30)23-20-38-43(2)22-23)40-35-37-21-27(36)34(41-35)39-28-6-7-31-25(10-17-50-31)33(28)44(3)51(5,47)48/h6-7,18-22,24H,8-17H2,1-5H3,(H2,37,39,40,41). The first-order valence-corrected chi connectivity index (χ1v) is 19.8. The van der Waals surface area contributed by atoms with E-state index in [9.17, 15) is 8.42 Å². The van der Waals surface area contributed by atoms with Crippen LogP contribution in [-0.4, -0.2) is 117 Å². The summed E-state index contributed by atoms with van der Waals surface area (Å²) in [5, 5.41) is 11.2. The Bertz CT molecular complexity index is 2010. The monoisotopic (exact) mass is 780 g/mol. The van der Waals surface area contributed by atoms with E-state index in [1.54, 1.807) is 26.4 Å². The third-order valence-electron chi connectivity index (χ3n) is 10.1. The van der Waals surface area contributed by atoms with Crippen LogP contribution in [0.15, 0.2) is 47.3 Å². The first-order valence-electron chi connectivity index (χ1n) is 17.2. The molecule has 0 aliphatic carbocycles. The number of piperidine rings is 1. The summed E-state index contributed by atoms with van der Waals surface area (Å²) in [5.74, 6) is 2.13. The van der Waals surface area contributed by atoms with Crippen LogP contribution in [-0.2, 0) is 23.5 Å². The van der Waals surface area contributed by atoms with Crippen molar-refractivity contribution < 1.29 is 17.9 Å². The van der Waals surface area contributed by atoms with Gasteiger partial charge in [-0.2, -0.15) is 10.1 Å². The first-order chi connectivity index (χ1) is 24.5. The normalized spacial score (nSPS) is 17.3. The van der Waals surface area contributed by atoms with E-state index in [-0.39, 0.29) is 0 Å². The molecular formula is C35H45BrN10O4S. The van der Waals surface area contributed by atoms with Gasteiger partial charge >= 0.3 is 0 Å². The summed E-state index contributed by atoms with van der Waals surface area (Å²) in [6.45, 7) is 6.92. The van der Waals surface area contributed by atoms with E-state index in [0.717, 1.165) is 74.5 Å². The number of aromatic nitrogens is 4. The molecule has 0 radical (unpaired) electrons. The molecule has 51 heavy (non-hydrogen) atoms. The molecule has 0 amide bonds. The van der Waals surface area contributed by atoms with Crippen LogP contribution in [0, 0.1) is 0 Å². The molecule has 272 valence electrons. The van der Waals surface area contributed by atoms with Crippen molar-refractivity contribution in [2.75, 3.05) is 93.2 Å². The van der Waals surface area contributed by atoms with Crippen LogP contribution in [0.4, 0.5) is 34.5 Å². The lowest BCUT2D eigenvalue weighted by molar-refractivity contribution is 0.0982. The molecule has 14 nitrogen and oxygen atoms in total. The van der Waals surface area contributed by atoms with Gasteiger partial charge in [0.15, 0.2) is 0 Å². The Morgan fingerprint density at radius 2 is 1.78 bits per heavy atom. The second-order valence-corrected chi connectivity index (χ2v) is 16.3. The number of benzene rings is 2. The zero-order valence-electron chi connectivity index (χ0n) is 29.7. The van der Waals surface area contributed by atoms with Crippen LogP contribution in [0.25, 0.3) is 11.1 Å². The van der Waals surface area contributed by atoms with E-state index in [4.69, 9.17) is 14.5 Å². The molecule has 2 fully saturated rings. The molecule has 2 aromatic carbocycles. The minimum absolute atomic E-state index is 0.333. The van der Waals surface area contributed by atoms with Crippen LogP contribution in [0.3, 0.4) is 0 Å². The van der Waals surface area contributed by atoms with Crippen LogP contribution in [0.1, 0.15) is 18.4 Å². The lowest BCUT2D eigenvalue weighted by Gasteiger charge is -2.43. The summed E-state index contributed by atoms with van der Waals surface area (Å²) in [4.78, 5) is 16.9. The maximum absolute atomic E-state index is 12.7. The van der Waals surface area contributed by atoms with Crippen LogP contribution >= 0.6 is 15.9 Å². The van der Waals surface area contributed by atoms with Gasteiger partial charge in [0.05, 0.1) is 47.7 Å². The molecule has 2 N–H and O–H groups in total. The van der Waals surface area contributed by atoms with E-state index < -0.39 is 10.0 Å². The van der Waals surface area contributed by atoms with Gasteiger partial charge in [-0.1, -0.05) is 0 Å². The van der Waals surface area contributed by atoms with Crippen molar-refractivity contribution in [1.29, 1.82) is 0 Å². The average Bonchev–Trinajstić information content (AvgIpc) is 3.78. The highest BCUT2D eigenvalue weighted by Gasteiger charge is 2.29. The Labute approximate surface area is 307 Å². The number of aryl methyl sites for hydroxylation is 1. The smallest absolute Gasteiger partial charge is 0.232 e. The molecule has 0 unspecified atom stereocenters. The molecule has 2 aromatic heterocycles. The number of likely N-dealkylation sites (N-methyl/N-ethyl adjacent to an activating group) is 1. The van der Waals surface area contributed by atoms with Gasteiger partial charge < -0.3 is 29.9 Å². The van der Waals surface area contributed by atoms with Gasteiger partial charge in [-0.25, -0.2) is 13.4 Å². The quantitative estimate of drug-likeness (QED) is 0.232. The zero-order chi connectivity index (χ0) is 35.9. The number of fused-ring (bicyclic) bond motifs is 1. The fourth-order valence-electron chi connectivity index (χ4n) is 7.19. The van der Waals surface area contributed by atoms with Crippen molar-refractivity contribution in [3.63, 3.8) is 0 Å². The van der Waals surface area contributed by atoms with Crippen molar-refractivity contribution >= 4 is 60.5 Å². The number of ether oxygens (including phenoxy) is 2. The molecule has 3 aliphatic rings. The van der Waals surface area contributed by atoms with Gasteiger partial charge in [0.2, 0.25) is 16.0 Å². The van der Waals surface area contributed by atoms with Crippen LogP contribution < -0.4 is 29.3 Å². The van der Waals surface area contributed by atoms with E-state index in [2.05, 4.69) is 70.5 Å². The summed E-state index contributed by atoms with van der Waals surface area (Å²) < 4.78 is 40.7. The topological polar surface area (TPSA) is 133 Å². The minimum atomic E-state index is -3.55. The second kappa shape index (κ2) is 14.5. The van der Waals surface area contributed by atoms with Gasteiger partial charge in [-0.15, -0.1) is 0 Å². The number of rotatable bonds is 10. The second-order valence-electron chi connectivity index (χ2n) is 13.4. The van der Waals surface area contributed by atoms with Crippen molar-refractivity contribution in [2.45, 2.75) is 25.3 Å². The first kappa shape index (κ1) is 35.3. The van der Waals surface area contributed by atoms with Gasteiger partial charge in [-0.05, 0) is 54.0 Å². The van der Waals surface area contributed by atoms with Gasteiger partial charge in [0, 0.05) is 107 Å². The number of anilines is 6. The Morgan fingerprint density at radius 1 is 1.02 bits per heavy atom. The van der Waals surface area contributed by atoms with E-state index in [0.29, 0.717) is 63.9 Å². The number of sulfonamides is 1. The fourth-order valence-corrected chi connectivity index (χ4v) is 8.03. The molecule has 16 heteroatoms. The molecule has 0 atom stereocenters. The maximum Gasteiger partial charge on any atom is 0.232 e. The number of methoxy groups -OCH3 is 1. The van der Waals surface area contributed by atoms with Crippen LogP contribution in [0.2, 0.25) is 0 Å². The predicted octanol–water partition coefficient (Wildman–Crippen LogP) is 4.68. The molecule has 7 rings (SSSR count). The summed E-state index contributed by atoms with van der Waals surface area (Å²) in [6.07, 6.45) is 9.57. The van der Waals surface area contributed by atoms with Gasteiger partial charge in [0.1, 0.15) is 17.3 Å². The minimum Gasteiger partial charge on any atom is -0.494 e. The summed E-state index contributed by atoms with van der Waals surface area (Å²) >= 11 is 3.58. The number of hydrogen-bond donors (Lipinski definition) is 2. The molecular weight excluding hydrogens is 736 g/mol. The summed E-state index contributed by atoms with van der Waals surface area (Å²) in [7, 11) is 3.78. The molecule has 3 aliphatic heterocycles. The molecule has 0 saturated carbocycles. The number of hydrogen-bond acceptors (Lipinski definition) is 12. The maximum atomic E-state index is 12.7. The van der Waals surface area contributed by atoms with E-state index in [1.807, 2.05) is 30.2 Å². The summed E-state index contributed by atoms with van der Waals surface area (Å²) in [5.41, 5.74) is 5.77. The van der Waals surface area contributed by atoms with E-state index >= 15 is 0 Å². The summed E-state index contributed by atoms with van der Waals surface area (Å²) in [6, 6.07) is 8.43. The highest BCUT2D eigenvalue weighted by molar-refractivity contribution is 9.10. The Morgan fingerprint density at radius 3 is 2.47 bits per heavy atom. The molecule has 2 saturated heterocycles. The highest BCUT2D eigenvalue weighted by atomic mass is 79.9. The SMILES string of the molecule is COc1cc(N2CCC(N3CCN(C)CC3)CC2)c(-c2cnn(C)c2)cc1Nc1ncc(Br)c(Nc2ccc3c(c2N(C)S(C)(=O)=O)CCO3)n1. The van der Waals surface area contributed by atoms with Crippen molar-refractivity contribution in [1.82, 2.24) is 29.5 Å². The molecule has 5 heterocycles. The molecule has 4 aromatic rings. The predicted molar refractivity (Wildman–Crippen MR) is 205 cm³/mol. The fraction of sp³-hybridized carbons (Fsp3) is 0.457. The zero-order valence-corrected chi connectivity index (χ0v) is 32.1. The lowest BCUT2D eigenvalue weighted by atomic mass is 9.98. The highest BCUT2D eigenvalue weighted by Crippen LogP contribution is 2.43. The number of halogens is 1. The molecule has 0 spiro atoms. The van der Waals surface area contributed by atoms with Gasteiger partial charge in [-0.3, -0.25) is 13.9 Å².